The first-order valence-electron chi connectivity index (χ1n) is 5.56. The minimum atomic E-state index is -0.509. The van der Waals surface area contributed by atoms with Crippen LogP contribution in [0.25, 0.3) is 0 Å². The van der Waals surface area contributed by atoms with E-state index < -0.39 is 12.6 Å². The maximum absolute atomic E-state index is 8.79. The van der Waals surface area contributed by atoms with Crippen LogP contribution in [0, 0.1) is 88.1 Å². The van der Waals surface area contributed by atoms with Crippen molar-refractivity contribution in [2.45, 2.75) is 50.1 Å². The fourth-order valence-electron chi connectivity index (χ4n) is 1.31. The number of hydrogen-bond acceptors (Lipinski definition) is 6. The average Bonchev–Trinajstić information content (AvgIpc) is 2.88. The second-order valence-corrected chi connectivity index (χ2v) is 5.91. The Balaban J connectivity index is 0. The first-order chi connectivity index (χ1) is 7.65. The minimum absolute atomic E-state index is 0. The molecule has 4 nitrogen and oxygen atoms in total. The molecular weight excluding hydrogens is 702 g/mol. The van der Waals surface area contributed by atoms with Crippen molar-refractivity contribution in [2.75, 3.05) is 11.5 Å². The van der Waals surface area contributed by atoms with Gasteiger partial charge in [-0.1, -0.05) is 13.8 Å². The molecule has 8 heteroatoms. The zero-order valence-electron chi connectivity index (χ0n) is 10.8. The van der Waals surface area contributed by atoms with Gasteiger partial charge in [0.2, 0.25) is 0 Å². The van der Waals surface area contributed by atoms with Crippen molar-refractivity contribution >= 4 is 23.5 Å². The Morgan fingerprint density at radius 1 is 0.889 bits per heavy atom. The Morgan fingerprint density at radius 2 is 1.22 bits per heavy atom. The molecule has 0 bridgehead atoms. The predicted octanol–water partition coefficient (Wildman–Crippen LogP) is 1.61. The Morgan fingerprint density at radius 3 is 1.33 bits per heavy atom. The number of thioether (sulfide) groups is 2. The summed E-state index contributed by atoms with van der Waals surface area (Å²) >= 11 is 3.36. The van der Waals surface area contributed by atoms with E-state index in [2.05, 4.69) is 13.8 Å². The van der Waals surface area contributed by atoms with E-state index in [9.17, 15) is 0 Å². The van der Waals surface area contributed by atoms with Crippen molar-refractivity contribution in [1.29, 1.82) is 0 Å². The second kappa shape index (κ2) is 14.0. The molecule has 2 aliphatic rings. The van der Waals surface area contributed by atoms with E-state index in [1.54, 1.807) is 23.5 Å². The number of aliphatic hydroxyl groups is 2. The maximum atomic E-state index is 8.79. The van der Waals surface area contributed by atoms with Gasteiger partial charge in [-0.2, -0.15) is 0 Å². The molecule has 4 atom stereocenters. The fraction of sp³-hybridized carbons (Fsp3) is 1.00. The molecule has 2 N–H and O–H groups in total. The van der Waals surface area contributed by atoms with Gasteiger partial charge in [0.1, 0.15) is 10.9 Å². The van der Waals surface area contributed by atoms with E-state index in [1.807, 2.05) is 0 Å². The van der Waals surface area contributed by atoms with Crippen LogP contribution in [0.3, 0.4) is 0 Å². The van der Waals surface area contributed by atoms with Crippen LogP contribution < -0.4 is 0 Å². The Labute approximate surface area is 189 Å². The van der Waals surface area contributed by atoms with Crippen LogP contribution in [0.1, 0.15) is 26.7 Å². The average molecular weight is 722 g/mol. The molecule has 0 saturated carbocycles. The molecule has 2 aliphatic heterocycles. The summed E-state index contributed by atoms with van der Waals surface area (Å²) in [4.78, 5) is 0. The summed E-state index contributed by atoms with van der Waals surface area (Å²) in [6.07, 6.45) is 0.957. The Bertz CT molecular complexity index is 183. The van der Waals surface area contributed by atoms with Crippen molar-refractivity contribution in [1.82, 2.24) is 0 Å². The normalized spacial score (nSPS) is 34.0. The van der Waals surface area contributed by atoms with Gasteiger partial charge in [-0.25, -0.2) is 0 Å². The number of ether oxygens (including phenoxy) is 2. The molecule has 0 spiro atoms. The van der Waals surface area contributed by atoms with Gasteiger partial charge < -0.3 is 19.7 Å². The smallest absolute Gasteiger partial charge is 0.165 e. The topological polar surface area (TPSA) is 58.9 Å². The monoisotopic (exact) mass is 722 g/mol. The minimum Gasteiger partial charge on any atom is -0.367 e. The molecule has 0 aromatic rings. The third-order valence-corrected chi connectivity index (χ3v) is 4.72. The van der Waals surface area contributed by atoms with E-state index in [4.69, 9.17) is 19.7 Å². The summed E-state index contributed by atoms with van der Waals surface area (Å²) < 4.78 is 10.1. The molecule has 0 amide bonds. The largest absolute Gasteiger partial charge is 0.367 e. The van der Waals surface area contributed by atoms with Crippen molar-refractivity contribution in [3.8, 4) is 0 Å². The SMILES string of the molecule is CCC1OC(O)CS1.CCC1OC(O)CS1.[Ac].[Ac]. The van der Waals surface area contributed by atoms with Crippen molar-refractivity contribution < 1.29 is 108 Å². The van der Waals surface area contributed by atoms with E-state index in [-0.39, 0.29) is 99.0 Å². The molecule has 2 saturated heterocycles. The van der Waals surface area contributed by atoms with Crippen LogP contribution in [0.15, 0.2) is 0 Å². The van der Waals surface area contributed by atoms with Gasteiger partial charge in [0.25, 0.3) is 0 Å². The summed E-state index contributed by atoms with van der Waals surface area (Å²) in [7, 11) is 0. The first kappa shape index (κ1) is 23.7. The molecule has 2 rings (SSSR count). The molecule has 2 fully saturated rings. The third-order valence-electron chi connectivity index (χ3n) is 2.13. The number of hydrogen-bond donors (Lipinski definition) is 2. The summed E-state index contributed by atoms with van der Waals surface area (Å²) in [5, 5.41) is 17.6. The summed E-state index contributed by atoms with van der Waals surface area (Å²) in [6, 6.07) is 0. The fourth-order valence-corrected chi connectivity index (χ4v) is 3.12. The van der Waals surface area contributed by atoms with Gasteiger partial charge in [-0.15, -0.1) is 23.5 Å². The number of aliphatic hydroxyl groups excluding tert-OH is 2. The van der Waals surface area contributed by atoms with Crippen LogP contribution >= 0.6 is 23.5 Å². The van der Waals surface area contributed by atoms with E-state index in [0.29, 0.717) is 0 Å². The Kier molecular flexibility index (Phi) is 18.5. The van der Waals surface area contributed by atoms with Crippen molar-refractivity contribution in [3.63, 3.8) is 0 Å². The van der Waals surface area contributed by atoms with Crippen LogP contribution in [0.4, 0.5) is 0 Å². The molecule has 0 aromatic carbocycles. The van der Waals surface area contributed by atoms with Gasteiger partial charge in [0, 0.05) is 99.6 Å². The standard InChI is InChI=1S/2C5H10O2S.2Ac/c2*1-2-5-7-4(6)3-8-5;;/h2*4-6H,2-3H2,1H3;;. The van der Waals surface area contributed by atoms with E-state index >= 15 is 0 Å². The molecule has 2 radical (unpaired) electrons. The molecule has 0 aromatic heterocycles. The quantitative estimate of drug-likeness (QED) is 0.453. The zero-order valence-corrected chi connectivity index (χ0v) is 21.9. The van der Waals surface area contributed by atoms with Gasteiger partial charge in [-0.05, 0) is 12.8 Å². The summed E-state index contributed by atoms with van der Waals surface area (Å²) in [5.41, 5.74) is 0.481. The second-order valence-electron chi connectivity index (χ2n) is 3.52. The van der Waals surface area contributed by atoms with Crippen LogP contribution in [0.2, 0.25) is 0 Å². The third kappa shape index (κ3) is 10.2. The van der Waals surface area contributed by atoms with Gasteiger partial charge in [0.05, 0.1) is 0 Å². The van der Waals surface area contributed by atoms with Crippen LogP contribution in [-0.2, 0) is 9.47 Å². The molecule has 18 heavy (non-hydrogen) atoms. The maximum Gasteiger partial charge on any atom is 0.165 e. The van der Waals surface area contributed by atoms with Crippen LogP contribution in [0.5, 0.6) is 0 Å². The molecular formula is C10H20Ac2O4S2. The van der Waals surface area contributed by atoms with Gasteiger partial charge >= 0.3 is 0 Å². The summed E-state index contributed by atoms with van der Waals surface area (Å²) in [6.45, 7) is 4.10. The van der Waals surface area contributed by atoms with E-state index in [0.717, 1.165) is 24.3 Å². The number of rotatable bonds is 2. The Hall–Kier alpha value is 3.42. The first-order valence-corrected chi connectivity index (χ1v) is 7.65. The zero-order chi connectivity index (χ0) is 12.0. The molecule has 0 aliphatic carbocycles. The van der Waals surface area contributed by atoms with Gasteiger partial charge in [-0.3, -0.25) is 0 Å². The molecule has 4 unspecified atom stereocenters. The summed E-state index contributed by atoms with van der Waals surface area (Å²) in [5.74, 6) is 1.47. The predicted molar refractivity (Wildman–Crippen MR) is 67.3 cm³/mol. The van der Waals surface area contributed by atoms with Gasteiger partial charge in [0.15, 0.2) is 12.6 Å². The van der Waals surface area contributed by atoms with E-state index in [1.165, 1.54) is 0 Å². The van der Waals surface area contributed by atoms with Crippen LogP contribution in [-0.4, -0.2) is 45.2 Å². The molecule has 2 heterocycles. The van der Waals surface area contributed by atoms with Crippen molar-refractivity contribution in [2.24, 2.45) is 0 Å². The van der Waals surface area contributed by atoms with Crippen molar-refractivity contribution in [3.05, 3.63) is 0 Å². The molecule has 102 valence electrons.